The van der Waals surface area contributed by atoms with Crippen molar-refractivity contribution in [1.82, 2.24) is 10.2 Å². The fourth-order valence-electron chi connectivity index (χ4n) is 5.57. The molecule has 2 saturated heterocycles. The van der Waals surface area contributed by atoms with E-state index < -0.39 is 17.8 Å². The zero-order valence-electron chi connectivity index (χ0n) is 20.0. The number of likely N-dealkylation sites (tertiary alicyclic amines) is 1. The van der Waals surface area contributed by atoms with E-state index >= 15 is 0 Å². The Morgan fingerprint density at radius 3 is 1.86 bits per heavy atom. The van der Waals surface area contributed by atoms with Crippen molar-refractivity contribution in [3.05, 3.63) is 94.8 Å². The Morgan fingerprint density at radius 2 is 1.39 bits per heavy atom. The molecule has 0 spiro atoms. The lowest BCUT2D eigenvalue weighted by atomic mass is 9.67. The van der Waals surface area contributed by atoms with E-state index in [0.717, 1.165) is 13.1 Å². The molecule has 0 radical (unpaired) electrons. The quantitative estimate of drug-likeness (QED) is 0.456. The van der Waals surface area contributed by atoms with E-state index in [1.165, 1.54) is 30.3 Å². The number of carbonyl (C=O) groups is 2. The molecule has 2 aliphatic rings. The lowest BCUT2D eigenvalue weighted by molar-refractivity contribution is 0.0354. The highest BCUT2D eigenvalue weighted by atomic mass is 19.1. The minimum absolute atomic E-state index is 0.0115. The monoisotopic (exact) mass is 488 g/mol. The van der Waals surface area contributed by atoms with E-state index in [2.05, 4.69) is 10.2 Å². The predicted molar refractivity (Wildman–Crippen MR) is 134 cm³/mol. The van der Waals surface area contributed by atoms with Crippen LogP contribution in [0.5, 0.6) is 11.5 Å². The van der Waals surface area contributed by atoms with Crippen molar-refractivity contribution in [3.8, 4) is 11.5 Å². The molecule has 5 rings (SSSR count). The Hall–Kier alpha value is -3.55. The van der Waals surface area contributed by atoms with E-state index in [4.69, 9.17) is 0 Å². The molecule has 36 heavy (non-hydrogen) atoms. The van der Waals surface area contributed by atoms with Crippen molar-refractivity contribution >= 4 is 11.6 Å². The van der Waals surface area contributed by atoms with E-state index in [1.807, 2.05) is 0 Å². The van der Waals surface area contributed by atoms with Gasteiger partial charge in [0.1, 0.15) is 17.3 Å². The molecule has 3 atom stereocenters. The van der Waals surface area contributed by atoms with Crippen LogP contribution < -0.4 is 5.32 Å². The van der Waals surface area contributed by atoms with Gasteiger partial charge in [0.05, 0.1) is 0 Å². The maximum atomic E-state index is 14.8. The highest BCUT2D eigenvalue weighted by Gasteiger charge is 2.47. The van der Waals surface area contributed by atoms with Gasteiger partial charge in [-0.15, -0.1) is 0 Å². The smallest absolute Gasteiger partial charge is 0.167 e. The number of Topliss-reactive ketones (excluding diaryl/α,β-unsaturated/α-hetero) is 2. The van der Waals surface area contributed by atoms with Crippen molar-refractivity contribution in [2.45, 2.75) is 18.9 Å². The Morgan fingerprint density at radius 1 is 0.861 bits per heavy atom. The third kappa shape index (κ3) is 4.52. The van der Waals surface area contributed by atoms with Crippen LogP contribution in [0.1, 0.15) is 37.8 Å². The molecule has 2 fully saturated rings. The molecular weight excluding hydrogens is 459 g/mol. The van der Waals surface area contributed by atoms with Crippen LogP contribution in [-0.2, 0) is 0 Å². The van der Waals surface area contributed by atoms with Crippen molar-refractivity contribution in [1.29, 1.82) is 0 Å². The normalized spacial score (nSPS) is 22.7. The van der Waals surface area contributed by atoms with Gasteiger partial charge in [-0.25, -0.2) is 4.39 Å². The molecular formula is C29H29FN2O4. The first kappa shape index (κ1) is 24.2. The number of ketones is 2. The summed E-state index contributed by atoms with van der Waals surface area (Å²) >= 11 is 0. The second-order valence-electron chi connectivity index (χ2n) is 9.79. The van der Waals surface area contributed by atoms with Gasteiger partial charge >= 0.3 is 0 Å². The molecule has 3 N–H and O–H groups in total. The van der Waals surface area contributed by atoms with Gasteiger partial charge in [0.15, 0.2) is 11.6 Å². The van der Waals surface area contributed by atoms with Crippen LogP contribution >= 0.6 is 0 Å². The van der Waals surface area contributed by atoms with Gasteiger partial charge in [-0.1, -0.05) is 36.4 Å². The maximum Gasteiger partial charge on any atom is 0.167 e. The number of rotatable bonds is 6. The fourth-order valence-corrected chi connectivity index (χ4v) is 5.57. The number of halogens is 1. The van der Waals surface area contributed by atoms with Gasteiger partial charge in [-0.2, -0.15) is 0 Å². The van der Waals surface area contributed by atoms with Crippen LogP contribution in [0, 0.1) is 24.6 Å². The number of carbonyl (C=O) groups excluding carboxylic acids is 2. The second-order valence-corrected chi connectivity index (χ2v) is 9.79. The molecule has 6 nitrogen and oxygen atoms in total. The lowest BCUT2D eigenvalue weighted by Crippen LogP contribution is -2.62. The second kappa shape index (κ2) is 9.84. The van der Waals surface area contributed by atoms with Crippen molar-refractivity contribution in [2.24, 2.45) is 11.8 Å². The first-order chi connectivity index (χ1) is 17.3. The average molecular weight is 489 g/mol. The van der Waals surface area contributed by atoms with Gasteiger partial charge in [0.25, 0.3) is 0 Å². The third-order valence-electron chi connectivity index (χ3n) is 7.61. The zero-order valence-corrected chi connectivity index (χ0v) is 20.0. The number of nitrogens with zero attached hydrogens (tertiary/aromatic N) is 1. The van der Waals surface area contributed by atoms with Gasteiger partial charge in [-0.05, 0) is 48.4 Å². The molecule has 186 valence electrons. The summed E-state index contributed by atoms with van der Waals surface area (Å²) < 4.78 is 14.8. The molecule has 3 aromatic rings. The number of benzene rings is 3. The molecule has 0 unspecified atom stereocenters. The number of nitrogens with one attached hydrogen (secondary N) is 1. The Bertz CT molecular complexity index is 1240. The zero-order chi connectivity index (χ0) is 25.4. The maximum absolute atomic E-state index is 14.8. The van der Waals surface area contributed by atoms with Crippen LogP contribution in [0.4, 0.5) is 4.39 Å². The highest BCUT2D eigenvalue weighted by Crippen LogP contribution is 2.43. The number of aromatic hydroxyl groups is 2. The number of phenolic OH excluding ortho intramolecular Hbond substituents is 2. The van der Waals surface area contributed by atoms with Gasteiger partial charge in [0.2, 0.25) is 0 Å². The van der Waals surface area contributed by atoms with E-state index in [9.17, 15) is 24.2 Å². The van der Waals surface area contributed by atoms with Crippen LogP contribution in [0.25, 0.3) is 0 Å². The van der Waals surface area contributed by atoms with E-state index in [0.29, 0.717) is 35.3 Å². The topological polar surface area (TPSA) is 89.9 Å². The largest absolute Gasteiger partial charge is 0.508 e. The summed E-state index contributed by atoms with van der Waals surface area (Å²) in [4.78, 5) is 30.1. The van der Waals surface area contributed by atoms with Crippen LogP contribution in [0.15, 0.2) is 66.7 Å². The Balaban J connectivity index is 1.64. The molecule has 2 aliphatic heterocycles. The third-order valence-corrected chi connectivity index (χ3v) is 7.61. The summed E-state index contributed by atoms with van der Waals surface area (Å²) in [6, 6.07) is 17.4. The molecule has 0 aromatic heterocycles. The minimum Gasteiger partial charge on any atom is -0.508 e. The molecule has 0 amide bonds. The number of phenols is 2. The van der Waals surface area contributed by atoms with Crippen molar-refractivity contribution in [3.63, 3.8) is 0 Å². The first-order valence-electron chi connectivity index (χ1n) is 12.2. The van der Waals surface area contributed by atoms with Crippen LogP contribution in [0.2, 0.25) is 0 Å². The fraction of sp³-hybridized carbons (Fsp3) is 0.310. The van der Waals surface area contributed by atoms with Crippen molar-refractivity contribution < 1.29 is 24.2 Å². The Labute approximate surface area is 209 Å². The molecule has 3 aromatic carbocycles. The number of hydrogen-bond acceptors (Lipinski definition) is 6. The molecule has 7 heteroatoms. The number of hydrogen-bond donors (Lipinski definition) is 3. The summed E-state index contributed by atoms with van der Waals surface area (Å²) in [6.45, 7) is 4.06. The summed E-state index contributed by atoms with van der Waals surface area (Å²) in [6.07, 6.45) is 0. The van der Waals surface area contributed by atoms with Crippen LogP contribution in [0.3, 0.4) is 0 Å². The molecule has 0 bridgehead atoms. The summed E-state index contributed by atoms with van der Waals surface area (Å²) in [5.41, 5.74) is 1.77. The van der Waals surface area contributed by atoms with E-state index in [-0.39, 0.29) is 34.9 Å². The lowest BCUT2D eigenvalue weighted by Gasteiger charge is -2.48. The molecule has 0 aliphatic carbocycles. The summed E-state index contributed by atoms with van der Waals surface area (Å²) in [5.74, 6) is -2.62. The van der Waals surface area contributed by atoms with Gasteiger partial charge in [-0.3, -0.25) is 14.5 Å². The molecule has 0 saturated carbocycles. The summed E-state index contributed by atoms with van der Waals surface area (Å²) in [7, 11) is 0. The number of piperidine rings is 1. The van der Waals surface area contributed by atoms with Gasteiger partial charge < -0.3 is 15.5 Å². The minimum atomic E-state index is -0.632. The van der Waals surface area contributed by atoms with Gasteiger partial charge in [0, 0.05) is 61.1 Å². The van der Waals surface area contributed by atoms with E-state index in [1.54, 1.807) is 43.3 Å². The van der Waals surface area contributed by atoms with Crippen LogP contribution in [-0.4, -0.2) is 58.9 Å². The van der Waals surface area contributed by atoms with Crippen molar-refractivity contribution in [2.75, 3.05) is 26.2 Å². The summed E-state index contributed by atoms with van der Waals surface area (Å²) in [5, 5.41) is 23.3. The average Bonchev–Trinajstić information content (AvgIpc) is 2.83. The highest BCUT2D eigenvalue weighted by molar-refractivity contribution is 6.02. The SMILES string of the molecule is Cc1c(F)cccc1[C@@H]1[C@@H](C(=O)c2cccc(O)c2)CN(C2CNC2)C[C@H]1C(=O)c1cccc(O)c1. The first-order valence-corrected chi connectivity index (χ1v) is 12.2. The standard InChI is InChI=1S/C29H29FN2O4/c1-17-23(9-4-10-26(17)30)27-24(28(35)18-5-2-7-21(33)11-18)15-32(20-13-31-14-20)16-25(27)29(36)19-6-3-8-22(34)12-19/h2-12,20,24-25,27,31,33-34H,13-16H2,1H3/t24-,25+,27+. The predicted octanol–water partition coefficient (Wildman–Crippen LogP) is 3.91. The Kier molecular flexibility index (Phi) is 6.60. The molecule has 2 heterocycles.